The smallest absolute Gasteiger partial charge is 0.150 e. The largest absolute Gasteiger partial charge is 0.303 e. The van der Waals surface area contributed by atoms with Crippen molar-refractivity contribution in [2.75, 3.05) is 25.4 Å². The Morgan fingerprint density at radius 1 is 1.10 bits per heavy atom. The molecule has 0 spiro atoms. The van der Waals surface area contributed by atoms with E-state index in [0.29, 0.717) is 34.0 Å². The molecule has 56 valence electrons. The number of carbonyl (C=O) groups excluding carboxylic acids is 2. The van der Waals surface area contributed by atoms with Gasteiger partial charge in [-0.25, -0.2) is 0 Å². The van der Waals surface area contributed by atoms with E-state index >= 15 is 0 Å². The number of rotatable bonds is 0. The average Bonchev–Trinajstić information content (AvgIpc) is 1.84. The zero-order valence-electron chi connectivity index (χ0n) is 5.64. The van der Waals surface area contributed by atoms with Crippen LogP contribution < -0.4 is 5.32 Å². The fourth-order valence-electron chi connectivity index (χ4n) is 0.808. The summed E-state index contributed by atoms with van der Waals surface area (Å²) in [4.78, 5) is 21.6. The topological polar surface area (TPSA) is 46.2 Å². The molecule has 1 heterocycles. The van der Waals surface area contributed by atoms with Crippen LogP contribution >= 0.6 is 8.58 Å². The molecule has 10 heavy (non-hydrogen) atoms. The molecule has 1 rings (SSSR count). The van der Waals surface area contributed by atoms with Crippen molar-refractivity contribution in [1.82, 2.24) is 5.32 Å². The SMILES string of the molecule is O=C1CNCC(=O)CPC1. The lowest BCUT2D eigenvalue weighted by Crippen LogP contribution is -2.32. The van der Waals surface area contributed by atoms with Crippen LogP contribution in [0.4, 0.5) is 0 Å². The summed E-state index contributed by atoms with van der Waals surface area (Å²) in [5, 5.41) is 2.79. The van der Waals surface area contributed by atoms with E-state index in [1.165, 1.54) is 0 Å². The molecular formula is C6H10NO2P. The van der Waals surface area contributed by atoms with Crippen molar-refractivity contribution < 1.29 is 9.59 Å². The zero-order chi connectivity index (χ0) is 7.40. The quantitative estimate of drug-likeness (QED) is 0.480. The molecule has 3 nitrogen and oxygen atoms in total. The Bertz CT molecular complexity index is 128. The van der Waals surface area contributed by atoms with Gasteiger partial charge in [0.1, 0.15) is 0 Å². The highest BCUT2D eigenvalue weighted by Crippen LogP contribution is 2.09. The Labute approximate surface area is 61.3 Å². The number of Topliss-reactive ketones (excluding diaryl/α,β-unsaturated/α-hetero) is 2. The molecule has 0 aromatic carbocycles. The first kappa shape index (κ1) is 7.83. The van der Waals surface area contributed by atoms with Gasteiger partial charge in [-0.15, -0.1) is 8.58 Å². The van der Waals surface area contributed by atoms with E-state index in [1.807, 2.05) is 0 Å². The molecule has 0 saturated carbocycles. The number of hydrogen-bond acceptors (Lipinski definition) is 3. The van der Waals surface area contributed by atoms with Gasteiger partial charge < -0.3 is 5.32 Å². The minimum absolute atomic E-state index is 0.228. The second-order valence-corrected chi connectivity index (χ2v) is 3.49. The summed E-state index contributed by atoms with van der Waals surface area (Å²) in [5.41, 5.74) is 0. The molecule has 1 N–H and O–H groups in total. The molecule has 0 aliphatic carbocycles. The Morgan fingerprint density at radius 3 is 2.10 bits per heavy atom. The highest BCUT2D eigenvalue weighted by Gasteiger charge is 2.09. The molecule has 0 bridgehead atoms. The molecular weight excluding hydrogens is 149 g/mol. The third-order valence-corrected chi connectivity index (χ3v) is 2.58. The fraction of sp³-hybridized carbons (Fsp3) is 0.667. The predicted molar refractivity (Wildman–Crippen MR) is 40.9 cm³/mol. The molecule has 0 amide bonds. The van der Waals surface area contributed by atoms with Gasteiger partial charge in [0.15, 0.2) is 11.6 Å². The fourth-order valence-corrected chi connectivity index (χ4v) is 1.74. The minimum Gasteiger partial charge on any atom is -0.303 e. The number of ketones is 2. The highest BCUT2D eigenvalue weighted by molar-refractivity contribution is 7.40. The van der Waals surface area contributed by atoms with E-state index in [2.05, 4.69) is 5.32 Å². The Hall–Kier alpha value is -0.270. The maximum absolute atomic E-state index is 10.8. The van der Waals surface area contributed by atoms with Crippen LogP contribution in [0.25, 0.3) is 0 Å². The van der Waals surface area contributed by atoms with Crippen LogP contribution in [0, 0.1) is 0 Å². The second kappa shape index (κ2) is 3.79. The number of carbonyl (C=O) groups is 2. The van der Waals surface area contributed by atoms with E-state index in [0.717, 1.165) is 0 Å². The lowest BCUT2D eigenvalue weighted by atomic mass is 10.4. The van der Waals surface area contributed by atoms with Crippen LogP contribution in [0.15, 0.2) is 0 Å². The Balaban J connectivity index is 2.34. The maximum atomic E-state index is 10.8. The van der Waals surface area contributed by atoms with Gasteiger partial charge in [-0.3, -0.25) is 9.59 Å². The van der Waals surface area contributed by atoms with Crippen LogP contribution in [0.1, 0.15) is 0 Å². The van der Waals surface area contributed by atoms with Crippen molar-refractivity contribution in [2.24, 2.45) is 0 Å². The van der Waals surface area contributed by atoms with Crippen LogP contribution in [-0.4, -0.2) is 37.0 Å². The lowest BCUT2D eigenvalue weighted by molar-refractivity contribution is -0.117. The van der Waals surface area contributed by atoms with Gasteiger partial charge in [0.2, 0.25) is 0 Å². The van der Waals surface area contributed by atoms with Crippen LogP contribution in [-0.2, 0) is 9.59 Å². The molecule has 0 atom stereocenters. The molecule has 1 aliphatic rings. The van der Waals surface area contributed by atoms with E-state index in [1.54, 1.807) is 0 Å². The summed E-state index contributed by atoms with van der Waals surface area (Å²) in [5.74, 6) is 0.455. The monoisotopic (exact) mass is 159 g/mol. The highest BCUT2D eigenvalue weighted by atomic mass is 31.1. The third kappa shape index (κ3) is 2.54. The van der Waals surface area contributed by atoms with Gasteiger partial charge in [0.05, 0.1) is 13.1 Å². The molecule has 0 aromatic rings. The minimum atomic E-state index is 0.228. The first-order chi connectivity index (χ1) is 4.79. The van der Waals surface area contributed by atoms with Gasteiger partial charge in [-0.2, -0.15) is 0 Å². The summed E-state index contributed by atoms with van der Waals surface area (Å²) in [6.07, 6.45) is 1.16. The van der Waals surface area contributed by atoms with Gasteiger partial charge in [0.25, 0.3) is 0 Å². The van der Waals surface area contributed by atoms with E-state index in [4.69, 9.17) is 0 Å². The molecule has 1 aliphatic heterocycles. The van der Waals surface area contributed by atoms with Crippen molar-refractivity contribution in [1.29, 1.82) is 0 Å². The standard InChI is InChI=1S/C6H10NO2P/c8-5-1-7-2-6(9)4-10-3-5/h7,10H,1-4H2. The first-order valence-electron chi connectivity index (χ1n) is 3.24. The van der Waals surface area contributed by atoms with Crippen molar-refractivity contribution in [3.05, 3.63) is 0 Å². The molecule has 1 fully saturated rings. The molecule has 0 unspecified atom stereocenters. The second-order valence-electron chi connectivity index (χ2n) is 2.28. The van der Waals surface area contributed by atoms with E-state index in [9.17, 15) is 9.59 Å². The lowest BCUT2D eigenvalue weighted by Gasteiger charge is -2.07. The first-order valence-corrected chi connectivity index (χ1v) is 4.65. The van der Waals surface area contributed by atoms with Crippen molar-refractivity contribution in [3.8, 4) is 0 Å². The molecule has 4 heteroatoms. The summed E-state index contributed by atoms with van der Waals surface area (Å²) in [6, 6.07) is 0. The normalized spacial score (nSPS) is 22.0. The summed E-state index contributed by atoms with van der Waals surface area (Å²) >= 11 is 0. The molecule has 0 aromatic heterocycles. The molecule has 1 saturated heterocycles. The third-order valence-electron chi connectivity index (χ3n) is 1.29. The van der Waals surface area contributed by atoms with Crippen molar-refractivity contribution in [3.63, 3.8) is 0 Å². The van der Waals surface area contributed by atoms with Gasteiger partial charge >= 0.3 is 0 Å². The van der Waals surface area contributed by atoms with Crippen molar-refractivity contribution in [2.45, 2.75) is 0 Å². The van der Waals surface area contributed by atoms with E-state index < -0.39 is 0 Å². The Morgan fingerprint density at radius 2 is 1.60 bits per heavy atom. The van der Waals surface area contributed by atoms with Crippen LogP contribution in [0.3, 0.4) is 0 Å². The maximum Gasteiger partial charge on any atom is 0.150 e. The van der Waals surface area contributed by atoms with Gasteiger partial charge in [0, 0.05) is 12.3 Å². The zero-order valence-corrected chi connectivity index (χ0v) is 6.64. The van der Waals surface area contributed by atoms with Crippen LogP contribution in [0.2, 0.25) is 0 Å². The number of hydrogen-bond donors (Lipinski definition) is 1. The number of nitrogens with one attached hydrogen (secondary N) is 1. The Kier molecular flexibility index (Phi) is 2.97. The summed E-state index contributed by atoms with van der Waals surface area (Å²) in [6.45, 7) is 0.747. The molecule has 0 radical (unpaired) electrons. The van der Waals surface area contributed by atoms with E-state index in [-0.39, 0.29) is 11.6 Å². The van der Waals surface area contributed by atoms with Gasteiger partial charge in [-0.1, -0.05) is 0 Å². The van der Waals surface area contributed by atoms with Gasteiger partial charge in [-0.05, 0) is 0 Å². The van der Waals surface area contributed by atoms with Crippen molar-refractivity contribution >= 4 is 20.1 Å². The van der Waals surface area contributed by atoms with Crippen LogP contribution in [0.5, 0.6) is 0 Å². The summed E-state index contributed by atoms with van der Waals surface area (Å²) in [7, 11) is 0.512. The average molecular weight is 159 g/mol. The predicted octanol–water partition coefficient (Wildman–Crippen LogP) is -0.594. The summed E-state index contributed by atoms with van der Waals surface area (Å²) < 4.78 is 0.